The van der Waals surface area contributed by atoms with E-state index in [1.165, 1.54) is 0 Å². The van der Waals surface area contributed by atoms with Gasteiger partial charge >= 0.3 is 0 Å². The summed E-state index contributed by atoms with van der Waals surface area (Å²) >= 11 is 0. The lowest BCUT2D eigenvalue weighted by atomic mass is 10.1. The third-order valence-corrected chi connectivity index (χ3v) is 3.72. The van der Waals surface area contributed by atoms with Crippen molar-refractivity contribution in [2.75, 3.05) is 14.2 Å². The normalized spacial score (nSPS) is 10.4. The number of rotatable bonds is 5. The van der Waals surface area contributed by atoms with Crippen molar-refractivity contribution in [2.45, 2.75) is 6.54 Å². The number of amides is 1. The Morgan fingerprint density at radius 2 is 1.88 bits per heavy atom. The molecule has 0 bridgehead atoms. The molecule has 0 saturated heterocycles. The maximum absolute atomic E-state index is 12.4. The Morgan fingerprint density at radius 3 is 2.67 bits per heavy atom. The molecule has 0 atom stereocenters. The van der Waals surface area contributed by atoms with Gasteiger partial charge in [0.2, 0.25) is 0 Å². The lowest BCUT2D eigenvalue weighted by molar-refractivity contribution is 0.0946. The molecule has 0 fully saturated rings. The van der Waals surface area contributed by atoms with Crippen LogP contribution in [0.1, 0.15) is 16.1 Å². The third-order valence-electron chi connectivity index (χ3n) is 3.72. The number of carbonyl (C=O) groups is 1. The van der Waals surface area contributed by atoms with Gasteiger partial charge in [0.05, 0.1) is 19.7 Å². The standard InChI is InChI=1S/C19H18N2O3/c1-23-14-7-5-6-13(10-14)12-20-19(22)17-11-18(24-2)15-8-3-4-9-16(15)21-17/h3-11H,12H2,1-2H3,(H,20,22). The average molecular weight is 322 g/mol. The van der Waals surface area contributed by atoms with Crippen molar-refractivity contribution in [1.82, 2.24) is 10.3 Å². The Bertz CT molecular complexity index is 877. The molecule has 5 nitrogen and oxygen atoms in total. The number of methoxy groups -OCH3 is 2. The number of carbonyl (C=O) groups excluding carboxylic acids is 1. The number of hydrogen-bond acceptors (Lipinski definition) is 4. The molecule has 0 spiro atoms. The van der Waals surface area contributed by atoms with E-state index in [-0.39, 0.29) is 5.91 Å². The van der Waals surface area contributed by atoms with Crippen LogP contribution in [0.4, 0.5) is 0 Å². The second-order valence-corrected chi connectivity index (χ2v) is 5.26. The number of nitrogens with one attached hydrogen (secondary N) is 1. The summed E-state index contributed by atoms with van der Waals surface area (Å²) in [5.41, 5.74) is 2.01. The van der Waals surface area contributed by atoms with Crippen LogP contribution < -0.4 is 14.8 Å². The molecule has 0 saturated carbocycles. The van der Waals surface area contributed by atoms with Crippen molar-refractivity contribution in [3.05, 3.63) is 65.9 Å². The zero-order valence-corrected chi connectivity index (χ0v) is 13.6. The molecular formula is C19H18N2O3. The first-order valence-electron chi connectivity index (χ1n) is 7.56. The first kappa shape index (κ1) is 15.8. The van der Waals surface area contributed by atoms with E-state index in [1.807, 2.05) is 48.5 Å². The van der Waals surface area contributed by atoms with Crippen molar-refractivity contribution in [3.63, 3.8) is 0 Å². The van der Waals surface area contributed by atoms with Gasteiger partial charge in [-0.15, -0.1) is 0 Å². The maximum atomic E-state index is 12.4. The molecule has 0 radical (unpaired) electrons. The highest BCUT2D eigenvalue weighted by Gasteiger charge is 2.12. The Hall–Kier alpha value is -3.08. The van der Waals surface area contributed by atoms with E-state index in [2.05, 4.69) is 10.3 Å². The zero-order valence-electron chi connectivity index (χ0n) is 13.6. The highest BCUT2D eigenvalue weighted by atomic mass is 16.5. The summed E-state index contributed by atoms with van der Waals surface area (Å²) in [6, 6.07) is 16.8. The molecule has 0 aliphatic carbocycles. The largest absolute Gasteiger partial charge is 0.497 e. The van der Waals surface area contributed by atoms with Gasteiger partial charge in [-0.2, -0.15) is 0 Å². The van der Waals surface area contributed by atoms with Crippen LogP contribution in [-0.2, 0) is 6.54 Å². The molecule has 1 heterocycles. The Labute approximate surface area is 140 Å². The monoisotopic (exact) mass is 322 g/mol. The number of benzene rings is 2. The minimum absolute atomic E-state index is 0.248. The Balaban J connectivity index is 1.80. The van der Waals surface area contributed by atoms with Crippen LogP contribution >= 0.6 is 0 Å². The third kappa shape index (κ3) is 3.30. The molecule has 122 valence electrons. The van der Waals surface area contributed by atoms with Crippen LogP contribution in [0.25, 0.3) is 10.9 Å². The van der Waals surface area contributed by atoms with Gasteiger partial charge in [-0.1, -0.05) is 24.3 Å². The fraction of sp³-hybridized carbons (Fsp3) is 0.158. The highest BCUT2D eigenvalue weighted by molar-refractivity contribution is 5.97. The van der Waals surface area contributed by atoms with Gasteiger partial charge < -0.3 is 14.8 Å². The van der Waals surface area contributed by atoms with Crippen molar-refractivity contribution < 1.29 is 14.3 Å². The van der Waals surface area contributed by atoms with Crippen LogP contribution in [0.5, 0.6) is 11.5 Å². The van der Waals surface area contributed by atoms with Gasteiger partial charge in [-0.25, -0.2) is 4.98 Å². The fourth-order valence-electron chi connectivity index (χ4n) is 2.48. The van der Waals surface area contributed by atoms with E-state index in [0.717, 1.165) is 22.2 Å². The van der Waals surface area contributed by atoms with Gasteiger partial charge in [0, 0.05) is 18.0 Å². The molecule has 1 aromatic heterocycles. The van der Waals surface area contributed by atoms with E-state index in [9.17, 15) is 4.79 Å². The second-order valence-electron chi connectivity index (χ2n) is 5.26. The quantitative estimate of drug-likeness (QED) is 0.784. The van der Waals surface area contributed by atoms with Crippen LogP contribution in [0.15, 0.2) is 54.6 Å². The summed E-state index contributed by atoms with van der Waals surface area (Å²) in [6.45, 7) is 0.396. The van der Waals surface area contributed by atoms with Crippen LogP contribution in [0, 0.1) is 0 Å². The van der Waals surface area contributed by atoms with E-state index >= 15 is 0 Å². The molecular weight excluding hydrogens is 304 g/mol. The van der Waals surface area contributed by atoms with E-state index in [4.69, 9.17) is 9.47 Å². The number of fused-ring (bicyclic) bond motifs is 1. The smallest absolute Gasteiger partial charge is 0.270 e. The van der Waals surface area contributed by atoms with Crippen molar-refractivity contribution in [1.29, 1.82) is 0 Å². The summed E-state index contributed by atoms with van der Waals surface area (Å²) in [4.78, 5) is 16.8. The minimum Gasteiger partial charge on any atom is -0.497 e. The van der Waals surface area contributed by atoms with E-state index < -0.39 is 0 Å². The number of aromatic nitrogens is 1. The summed E-state index contributed by atoms with van der Waals surface area (Å²) < 4.78 is 10.6. The molecule has 2 aromatic carbocycles. The van der Waals surface area contributed by atoms with E-state index in [1.54, 1.807) is 20.3 Å². The average Bonchev–Trinajstić information content (AvgIpc) is 2.65. The van der Waals surface area contributed by atoms with Crippen LogP contribution in [0.3, 0.4) is 0 Å². The SMILES string of the molecule is COc1cccc(CNC(=O)c2cc(OC)c3ccccc3n2)c1. The van der Waals surface area contributed by atoms with Gasteiger partial charge in [0.25, 0.3) is 5.91 Å². The first-order valence-corrected chi connectivity index (χ1v) is 7.56. The maximum Gasteiger partial charge on any atom is 0.270 e. The molecule has 24 heavy (non-hydrogen) atoms. The van der Waals surface area contributed by atoms with Crippen LogP contribution in [-0.4, -0.2) is 25.1 Å². The molecule has 1 N–H and O–H groups in total. The number of ether oxygens (including phenoxy) is 2. The van der Waals surface area contributed by atoms with Crippen LogP contribution in [0.2, 0.25) is 0 Å². The minimum atomic E-state index is -0.248. The molecule has 3 aromatic rings. The number of para-hydroxylation sites is 1. The molecule has 3 rings (SSSR count). The zero-order chi connectivity index (χ0) is 16.9. The number of nitrogens with zero attached hydrogens (tertiary/aromatic N) is 1. The topological polar surface area (TPSA) is 60.5 Å². The molecule has 1 amide bonds. The van der Waals surface area contributed by atoms with E-state index in [0.29, 0.717) is 18.0 Å². The van der Waals surface area contributed by atoms with Crippen molar-refractivity contribution in [3.8, 4) is 11.5 Å². The lowest BCUT2D eigenvalue weighted by Crippen LogP contribution is -2.23. The van der Waals surface area contributed by atoms with Gasteiger partial charge in [0.1, 0.15) is 17.2 Å². The number of hydrogen-bond donors (Lipinski definition) is 1. The summed E-state index contributed by atoms with van der Waals surface area (Å²) in [5, 5.41) is 3.75. The van der Waals surface area contributed by atoms with Gasteiger partial charge in [-0.05, 0) is 29.8 Å². The summed E-state index contributed by atoms with van der Waals surface area (Å²) in [6.07, 6.45) is 0. The fourth-order valence-corrected chi connectivity index (χ4v) is 2.48. The predicted molar refractivity (Wildman–Crippen MR) is 92.5 cm³/mol. The number of pyridine rings is 1. The van der Waals surface area contributed by atoms with Gasteiger partial charge in [-0.3, -0.25) is 4.79 Å². The lowest BCUT2D eigenvalue weighted by Gasteiger charge is -2.09. The molecule has 0 unspecified atom stereocenters. The predicted octanol–water partition coefficient (Wildman–Crippen LogP) is 3.18. The summed E-state index contributed by atoms with van der Waals surface area (Å²) in [5.74, 6) is 1.14. The Morgan fingerprint density at radius 1 is 1.04 bits per heavy atom. The van der Waals surface area contributed by atoms with Gasteiger partial charge in [0.15, 0.2) is 0 Å². The highest BCUT2D eigenvalue weighted by Crippen LogP contribution is 2.25. The van der Waals surface area contributed by atoms with Crippen molar-refractivity contribution >= 4 is 16.8 Å². The molecule has 0 aliphatic rings. The van der Waals surface area contributed by atoms with Crippen molar-refractivity contribution in [2.24, 2.45) is 0 Å². The molecule has 0 aliphatic heterocycles. The second kappa shape index (κ2) is 7.00. The first-order chi connectivity index (χ1) is 11.7. The molecule has 5 heteroatoms. The Kier molecular flexibility index (Phi) is 4.61. The summed E-state index contributed by atoms with van der Waals surface area (Å²) in [7, 11) is 3.20.